The Labute approximate surface area is 140 Å². The van der Waals surface area contributed by atoms with E-state index < -0.39 is 11.6 Å². The number of hydrogen-bond acceptors (Lipinski definition) is 2. The molecule has 2 rings (SSSR count). The van der Waals surface area contributed by atoms with E-state index in [4.69, 9.17) is 11.6 Å². The van der Waals surface area contributed by atoms with Crippen molar-refractivity contribution in [1.29, 1.82) is 0 Å². The highest BCUT2D eigenvalue weighted by molar-refractivity contribution is 6.28. The molecule has 0 spiro atoms. The zero-order valence-corrected chi connectivity index (χ0v) is 14.0. The Hall–Kier alpha value is -1.55. The number of aryl methyl sites for hydroxylation is 1. The number of hydrogen-bond donors (Lipinski definition) is 0. The fourth-order valence-corrected chi connectivity index (χ4v) is 2.65. The molecule has 5 heteroatoms. The molecule has 0 aliphatic heterocycles. The lowest BCUT2D eigenvalue weighted by Crippen LogP contribution is -1.98. The van der Waals surface area contributed by atoms with Gasteiger partial charge >= 0.3 is 0 Å². The molecule has 0 saturated carbocycles. The summed E-state index contributed by atoms with van der Waals surface area (Å²) in [4.78, 5) is 7.60. The van der Waals surface area contributed by atoms with Crippen LogP contribution < -0.4 is 0 Å². The number of rotatable bonds is 8. The van der Waals surface area contributed by atoms with Crippen LogP contribution in [0.1, 0.15) is 51.0 Å². The Morgan fingerprint density at radius 3 is 2.26 bits per heavy atom. The van der Waals surface area contributed by atoms with E-state index in [2.05, 4.69) is 16.9 Å². The number of halogens is 3. The van der Waals surface area contributed by atoms with Crippen LogP contribution in [-0.4, -0.2) is 9.97 Å². The third-order valence-corrected chi connectivity index (χ3v) is 4.09. The van der Waals surface area contributed by atoms with Gasteiger partial charge in [0.2, 0.25) is 5.28 Å². The second kappa shape index (κ2) is 8.92. The van der Waals surface area contributed by atoms with Gasteiger partial charge in [-0.1, -0.05) is 51.2 Å². The number of aromatic nitrogens is 2. The molecule has 1 heterocycles. The molecule has 0 N–H and O–H groups in total. The number of benzene rings is 1. The van der Waals surface area contributed by atoms with Gasteiger partial charge in [0.1, 0.15) is 0 Å². The van der Waals surface area contributed by atoms with Crippen LogP contribution in [0.3, 0.4) is 0 Å². The SMILES string of the molecule is CCCCCCCCc1ccc(-c2cnc(Cl)nc2)c(F)c1F. The zero-order valence-electron chi connectivity index (χ0n) is 13.3. The molecule has 0 aliphatic rings. The topological polar surface area (TPSA) is 25.8 Å². The van der Waals surface area contributed by atoms with Crippen LogP contribution in [0, 0.1) is 11.6 Å². The van der Waals surface area contributed by atoms with E-state index in [-0.39, 0.29) is 10.8 Å². The summed E-state index contributed by atoms with van der Waals surface area (Å²) in [6, 6.07) is 3.23. The molecule has 2 aromatic rings. The normalized spacial score (nSPS) is 11.0. The molecule has 0 fully saturated rings. The minimum Gasteiger partial charge on any atom is -0.226 e. The van der Waals surface area contributed by atoms with Gasteiger partial charge in [-0.25, -0.2) is 18.7 Å². The molecule has 2 nitrogen and oxygen atoms in total. The standard InChI is InChI=1S/C18H21ClF2N2/c1-2-3-4-5-6-7-8-13-9-10-15(17(21)16(13)20)14-11-22-18(19)23-12-14/h9-12H,2-8H2,1H3. The Morgan fingerprint density at radius 2 is 1.57 bits per heavy atom. The van der Waals surface area contributed by atoms with Crippen LogP contribution in [0.5, 0.6) is 0 Å². The Balaban J connectivity index is 2.01. The summed E-state index contributed by atoms with van der Waals surface area (Å²) in [5.41, 5.74) is 0.999. The summed E-state index contributed by atoms with van der Waals surface area (Å²) >= 11 is 5.61. The Morgan fingerprint density at radius 1 is 0.913 bits per heavy atom. The van der Waals surface area contributed by atoms with Crippen LogP contribution in [0.25, 0.3) is 11.1 Å². The molecule has 23 heavy (non-hydrogen) atoms. The first-order chi connectivity index (χ1) is 11.1. The first-order valence-electron chi connectivity index (χ1n) is 8.08. The first kappa shape index (κ1) is 17.8. The molecule has 0 atom stereocenters. The van der Waals surface area contributed by atoms with Crippen LogP contribution in [0.15, 0.2) is 24.5 Å². The predicted octanol–water partition coefficient (Wildman–Crippen LogP) is 5.98. The summed E-state index contributed by atoms with van der Waals surface area (Å²) in [7, 11) is 0. The van der Waals surface area contributed by atoms with Crippen molar-refractivity contribution in [1.82, 2.24) is 9.97 Å². The van der Waals surface area contributed by atoms with Gasteiger partial charge in [-0.3, -0.25) is 0 Å². The molecule has 0 aliphatic carbocycles. The average molecular weight is 339 g/mol. The minimum atomic E-state index is -0.848. The Kier molecular flexibility index (Phi) is 6.90. The van der Waals surface area contributed by atoms with Crippen molar-refractivity contribution >= 4 is 11.6 Å². The third kappa shape index (κ3) is 4.96. The van der Waals surface area contributed by atoms with Gasteiger partial charge < -0.3 is 0 Å². The van der Waals surface area contributed by atoms with Crippen LogP contribution in [-0.2, 0) is 6.42 Å². The second-order valence-electron chi connectivity index (χ2n) is 5.66. The van der Waals surface area contributed by atoms with Gasteiger partial charge in [0.15, 0.2) is 11.6 Å². The van der Waals surface area contributed by atoms with Crippen LogP contribution >= 0.6 is 11.6 Å². The molecular formula is C18H21ClF2N2. The van der Waals surface area contributed by atoms with E-state index >= 15 is 0 Å². The van der Waals surface area contributed by atoms with Gasteiger partial charge in [0.05, 0.1) is 0 Å². The highest BCUT2D eigenvalue weighted by Gasteiger charge is 2.15. The third-order valence-electron chi connectivity index (χ3n) is 3.89. The van der Waals surface area contributed by atoms with Gasteiger partial charge in [-0.2, -0.15) is 0 Å². The van der Waals surface area contributed by atoms with Crippen molar-refractivity contribution < 1.29 is 8.78 Å². The van der Waals surface area contributed by atoms with E-state index in [1.54, 1.807) is 12.1 Å². The summed E-state index contributed by atoms with van der Waals surface area (Å²) in [6.45, 7) is 2.17. The highest BCUT2D eigenvalue weighted by atomic mass is 35.5. The summed E-state index contributed by atoms with van der Waals surface area (Å²) in [5.74, 6) is -1.62. The molecule has 124 valence electrons. The fourth-order valence-electron chi connectivity index (χ4n) is 2.55. The lowest BCUT2D eigenvalue weighted by Gasteiger charge is -2.08. The molecular weight excluding hydrogens is 318 g/mol. The predicted molar refractivity (Wildman–Crippen MR) is 89.5 cm³/mol. The summed E-state index contributed by atoms with van der Waals surface area (Å²) < 4.78 is 28.5. The lowest BCUT2D eigenvalue weighted by atomic mass is 10.0. The van der Waals surface area contributed by atoms with Gasteiger partial charge in [0, 0.05) is 23.5 Å². The fraction of sp³-hybridized carbons (Fsp3) is 0.444. The maximum atomic E-state index is 14.3. The molecule has 0 amide bonds. The van der Waals surface area contributed by atoms with Gasteiger partial charge in [-0.05, 0) is 30.0 Å². The lowest BCUT2D eigenvalue weighted by molar-refractivity contribution is 0.497. The van der Waals surface area contributed by atoms with Crippen molar-refractivity contribution in [3.05, 3.63) is 47.0 Å². The Bertz CT molecular complexity index is 630. The first-order valence-corrected chi connectivity index (χ1v) is 8.46. The van der Waals surface area contributed by atoms with Crippen molar-refractivity contribution in [2.45, 2.75) is 51.9 Å². The van der Waals surface area contributed by atoms with Crippen molar-refractivity contribution in [2.75, 3.05) is 0 Å². The molecule has 0 bridgehead atoms. The van der Waals surface area contributed by atoms with Crippen molar-refractivity contribution in [3.63, 3.8) is 0 Å². The average Bonchev–Trinajstić information content (AvgIpc) is 2.56. The maximum absolute atomic E-state index is 14.3. The smallest absolute Gasteiger partial charge is 0.222 e. The number of nitrogens with zero attached hydrogens (tertiary/aromatic N) is 2. The summed E-state index contributed by atoms with van der Waals surface area (Å²) in [6.07, 6.45) is 10.1. The second-order valence-corrected chi connectivity index (χ2v) is 6.00. The van der Waals surface area contributed by atoms with Gasteiger partial charge in [-0.15, -0.1) is 0 Å². The molecule has 0 unspecified atom stereocenters. The van der Waals surface area contributed by atoms with E-state index in [1.165, 1.54) is 31.7 Å². The minimum absolute atomic E-state index is 0.0781. The van der Waals surface area contributed by atoms with Crippen molar-refractivity contribution in [3.8, 4) is 11.1 Å². The molecule has 1 aromatic heterocycles. The summed E-state index contributed by atoms with van der Waals surface area (Å²) in [5, 5.41) is 0.0781. The molecule has 0 saturated heterocycles. The quantitative estimate of drug-likeness (QED) is 0.437. The largest absolute Gasteiger partial charge is 0.226 e. The van der Waals surface area contributed by atoms with E-state index in [1.807, 2.05) is 0 Å². The van der Waals surface area contributed by atoms with Gasteiger partial charge in [0.25, 0.3) is 0 Å². The van der Waals surface area contributed by atoms with Crippen LogP contribution in [0.2, 0.25) is 5.28 Å². The number of unbranched alkanes of at least 4 members (excludes halogenated alkanes) is 5. The van der Waals surface area contributed by atoms with E-state index in [0.717, 1.165) is 19.3 Å². The maximum Gasteiger partial charge on any atom is 0.222 e. The monoisotopic (exact) mass is 338 g/mol. The highest BCUT2D eigenvalue weighted by Crippen LogP contribution is 2.26. The van der Waals surface area contributed by atoms with Crippen molar-refractivity contribution in [2.24, 2.45) is 0 Å². The molecule has 0 radical (unpaired) electrons. The molecule has 1 aromatic carbocycles. The van der Waals surface area contributed by atoms with Crippen LogP contribution in [0.4, 0.5) is 8.78 Å². The van der Waals surface area contributed by atoms with E-state index in [0.29, 0.717) is 17.5 Å². The van der Waals surface area contributed by atoms with E-state index in [9.17, 15) is 8.78 Å². The zero-order chi connectivity index (χ0) is 16.7.